The third kappa shape index (κ3) is 4.84. The number of halogens is 1. The Morgan fingerprint density at radius 2 is 1.93 bits per heavy atom. The molecule has 3 aromatic rings. The molecule has 0 bridgehead atoms. The van der Waals surface area contributed by atoms with E-state index in [4.69, 9.17) is 4.74 Å². The van der Waals surface area contributed by atoms with Crippen molar-refractivity contribution in [2.45, 2.75) is 39.2 Å². The summed E-state index contributed by atoms with van der Waals surface area (Å²) in [7, 11) is 0. The summed E-state index contributed by atoms with van der Waals surface area (Å²) in [6, 6.07) is 14.3. The number of carbonyl (C=O) groups is 1. The highest BCUT2D eigenvalue weighted by molar-refractivity contribution is 5.78. The first kappa shape index (κ1) is 18.9. The van der Waals surface area contributed by atoms with Gasteiger partial charge in [0.2, 0.25) is 0 Å². The molecule has 27 heavy (non-hydrogen) atoms. The number of aromatic nitrogens is 2. The zero-order valence-electron chi connectivity index (χ0n) is 15.8. The number of hydrogen-bond acceptors (Lipinski definition) is 3. The summed E-state index contributed by atoms with van der Waals surface area (Å²) < 4.78 is 21.0. The van der Waals surface area contributed by atoms with Crippen molar-refractivity contribution < 1.29 is 13.9 Å². The van der Waals surface area contributed by atoms with Gasteiger partial charge in [-0.15, -0.1) is 0 Å². The fraction of sp³-hybridized carbons (Fsp3) is 0.333. The molecule has 0 spiro atoms. The molecule has 0 atom stereocenters. The van der Waals surface area contributed by atoms with E-state index in [1.807, 2.05) is 55.7 Å². The molecule has 1 heterocycles. The van der Waals surface area contributed by atoms with E-state index in [0.29, 0.717) is 19.4 Å². The molecule has 0 saturated carbocycles. The molecule has 0 radical (unpaired) electrons. The average molecular weight is 369 g/mol. The van der Waals surface area contributed by atoms with Crippen LogP contribution in [0.2, 0.25) is 0 Å². The molecule has 0 saturated heterocycles. The Hall–Kier alpha value is -2.89. The summed E-state index contributed by atoms with van der Waals surface area (Å²) in [6.45, 7) is 5.96. The second-order valence-corrected chi connectivity index (χ2v) is 7.36. The number of nitrogens with zero attached hydrogens (tertiary/aromatic N) is 2. The summed E-state index contributed by atoms with van der Waals surface area (Å²) in [5.74, 6) is 0.533. The summed E-state index contributed by atoms with van der Waals surface area (Å²) in [4.78, 5) is 16.4. The molecular weight excluding hydrogens is 345 g/mol. The molecule has 142 valence electrons. The first-order valence-electron chi connectivity index (χ1n) is 9.03. The van der Waals surface area contributed by atoms with Crippen LogP contribution in [0.15, 0.2) is 48.5 Å². The van der Waals surface area contributed by atoms with Gasteiger partial charge in [0.15, 0.2) is 0 Å². The molecule has 0 aliphatic heterocycles. The van der Waals surface area contributed by atoms with Crippen LogP contribution in [-0.2, 0) is 11.2 Å². The Labute approximate surface area is 158 Å². The highest BCUT2D eigenvalue weighted by atomic mass is 19.1. The van der Waals surface area contributed by atoms with Crippen molar-refractivity contribution in [2.75, 3.05) is 6.54 Å². The van der Waals surface area contributed by atoms with E-state index in [1.54, 1.807) is 6.07 Å². The Morgan fingerprint density at radius 3 is 2.63 bits per heavy atom. The molecule has 0 aliphatic rings. The number of hydrogen-bond donors (Lipinski definition) is 1. The van der Waals surface area contributed by atoms with Crippen LogP contribution in [0.25, 0.3) is 16.7 Å². The number of ether oxygens (including phenoxy) is 1. The van der Waals surface area contributed by atoms with Crippen LogP contribution in [0.5, 0.6) is 0 Å². The number of fused-ring (bicyclic) bond motifs is 1. The maximum Gasteiger partial charge on any atom is 0.407 e. The lowest BCUT2D eigenvalue weighted by atomic mass is 10.2. The molecule has 1 aromatic heterocycles. The predicted molar refractivity (Wildman–Crippen MR) is 104 cm³/mol. The van der Waals surface area contributed by atoms with Gasteiger partial charge in [0.05, 0.1) is 11.0 Å². The topological polar surface area (TPSA) is 56.1 Å². The number of rotatable bonds is 5. The van der Waals surface area contributed by atoms with Crippen molar-refractivity contribution in [3.8, 4) is 5.69 Å². The van der Waals surface area contributed by atoms with Crippen LogP contribution in [0.1, 0.15) is 33.0 Å². The van der Waals surface area contributed by atoms with Crippen molar-refractivity contribution in [1.82, 2.24) is 14.9 Å². The number of alkyl carbamates (subject to hydrolysis) is 1. The monoisotopic (exact) mass is 369 g/mol. The lowest BCUT2D eigenvalue weighted by molar-refractivity contribution is 0.0527. The van der Waals surface area contributed by atoms with Crippen LogP contribution in [-0.4, -0.2) is 27.8 Å². The summed E-state index contributed by atoms with van der Waals surface area (Å²) in [5.41, 5.74) is 1.89. The number of amides is 1. The van der Waals surface area contributed by atoms with E-state index in [1.165, 1.54) is 12.1 Å². The normalized spacial score (nSPS) is 11.6. The number of imidazole rings is 1. The second-order valence-electron chi connectivity index (χ2n) is 7.36. The lowest BCUT2D eigenvalue weighted by Crippen LogP contribution is -2.33. The van der Waals surface area contributed by atoms with Gasteiger partial charge in [0, 0.05) is 24.7 Å². The minimum atomic E-state index is -0.518. The van der Waals surface area contributed by atoms with E-state index in [-0.39, 0.29) is 5.82 Å². The predicted octanol–water partition coefficient (Wildman–Crippen LogP) is 4.62. The van der Waals surface area contributed by atoms with Crippen LogP contribution in [0, 0.1) is 5.82 Å². The summed E-state index contributed by atoms with van der Waals surface area (Å²) in [5, 5.41) is 2.75. The maximum atomic E-state index is 13.8. The van der Waals surface area contributed by atoms with Gasteiger partial charge in [0.25, 0.3) is 0 Å². The summed E-state index contributed by atoms with van der Waals surface area (Å²) >= 11 is 0. The van der Waals surface area contributed by atoms with E-state index >= 15 is 0 Å². The smallest absolute Gasteiger partial charge is 0.407 e. The lowest BCUT2D eigenvalue weighted by Gasteiger charge is -2.19. The fourth-order valence-corrected chi connectivity index (χ4v) is 2.88. The molecule has 0 aliphatic carbocycles. The molecule has 1 amide bonds. The van der Waals surface area contributed by atoms with E-state index < -0.39 is 11.7 Å². The number of para-hydroxylation sites is 1. The third-order valence-electron chi connectivity index (χ3n) is 3.95. The number of nitrogens with one attached hydrogen (secondary N) is 1. The van der Waals surface area contributed by atoms with Gasteiger partial charge >= 0.3 is 6.09 Å². The SMILES string of the molecule is CC(C)(C)OC(=O)NCCCc1nc2ccc(F)cc2n1-c1ccccc1. The first-order valence-corrected chi connectivity index (χ1v) is 9.03. The fourth-order valence-electron chi connectivity index (χ4n) is 2.88. The minimum Gasteiger partial charge on any atom is -0.444 e. The van der Waals surface area contributed by atoms with E-state index in [0.717, 1.165) is 22.5 Å². The van der Waals surface area contributed by atoms with Gasteiger partial charge in [-0.2, -0.15) is 0 Å². The standard InChI is InChI=1S/C21H24FN3O2/c1-21(2,3)27-20(26)23-13-7-10-19-24-17-12-11-15(22)14-18(17)25(19)16-8-5-4-6-9-16/h4-6,8-9,11-12,14H,7,10,13H2,1-3H3,(H,23,26). The van der Waals surface area contributed by atoms with Crippen LogP contribution < -0.4 is 5.32 Å². The number of aryl methyl sites for hydroxylation is 1. The minimum absolute atomic E-state index is 0.294. The van der Waals surface area contributed by atoms with Crippen LogP contribution >= 0.6 is 0 Å². The molecule has 3 rings (SSSR count). The van der Waals surface area contributed by atoms with Gasteiger partial charge in [-0.05, 0) is 51.5 Å². The zero-order chi connectivity index (χ0) is 19.4. The largest absolute Gasteiger partial charge is 0.444 e. The Kier molecular flexibility index (Phi) is 5.44. The first-order chi connectivity index (χ1) is 12.8. The number of carbonyl (C=O) groups excluding carboxylic acids is 1. The van der Waals surface area contributed by atoms with Crippen LogP contribution in [0.4, 0.5) is 9.18 Å². The Balaban J connectivity index is 1.76. The zero-order valence-corrected chi connectivity index (χ0v) is 15.8. The molecule has 5 nitrogen and oxygen atoms in total. The van der Waals surface area contributed by atoms with Gasteiger partial charge in [-0.1, -0.05) is 18.2 Å². The van der Waals surface area contributed by atoms with Crippen molar-refractivity contribution in [3.05, 3.63) is 60.2 Å². The molecule has 6 heteroatoms. The van der Waals surface area contributed by atoms with Crippen molar-refractivity contribution in [1.29, 1.82) is 0 Å². The molecule has 1 N–H and O–H groups in total. The third-order valence-corrected chi connectivity index (χ3v) is 3.95. The average Bonchev–Trinajstić information content (AvgIpc) is 2.95. The van der Waals surface area contributed by atoms with E-state index in [9.17, 15) is 9.18 Å². The van der Waals surface area contributed by atoms with Gasteiger partial charge in [-0.25, -0.2) is 14.2 Å². The maximum absolute atomic E-state index is 13.8. The van der Waals surface area contributed by atoms with Crippen molar-refractivity contribution in [3.63, 3.8) is 0 Å². The molecule has 0 fully saturated rings. The molecule has 0 unspecified atom stereocenters. The second kappa shape index (κ2) is 7.78. The highest BCUT2D eigenvalue weighted by Crippen LogP contribution is 2.23. The van der Waals surface area contributed by atoms with Crippen molar-refractivity contribution >= 4 is 17.1 Å². The van der Waals surface area contributed by atoms with Crippen molar-refractivity contribution in [2.24, 2.45) is 0 Å². The molecule has 2 aromatic carbocycles. The van der Waals surface area contributed by atoms with Gasteiger partial charge < -0.3 is 10.1 Å². The highest BCUT2D eigenvalue weighted by Gasteiger charge is 2.16. The number of benzene rings is 2. The Morgan fingerprint density at radius 1 is 1.19 bits per heavy atom. The quantitative estimate of drug-likeness (QED) is 0.668. The van der Waals surface area contributed by atoms with Crippen LogP contribution in [0.3, 0.4) is 0 Å². The Bertz CT molecular complexity index is 930. The van der Waals surface area contributed by atoms with Gasteiger partial charge in [0.1, 0.15) is 17.2 Å². The summed E-state index contributed by atoms with van der Waals surface area (Å²) in [6.07, 6.45) is 0.903. The van der Waals surface area contributed by atoms with E-state index in [2.05, 4.69) is 10.3 Å². The molecular formula is C21H24FN3O2. The van der Waals surface area contributed by atoms with Gasteiger partial charge in [-0.3, -0.25) is 4.57 Å².